The summed E-state index contributed by atoms with van der Waals surface area (Å²) in [6.07, 6.45) is -3.86. The van der Waals surface area contributed by atoms with E-state index in [0.29, 0.717) is 17.8 Å². The molecule has 1 heterocycles. The highest BCUT2D eigenvalue weighted by atomic mass is 19.4. The van der Waals surface area contributed by atoms with Crippen molar-refractivity contribution in [3.8, 4) is 0 Å². The van der Waals surface area contributed by atoms with Crippen LogP contribution in [-0.4, -0.2) is 30.3 Å². The number of halogens is 3. The number of alkyl halides is 3. The second-order valence-corrected chi connectivity index (χ2v) is 7.88. The zero-order chi connectivity index (χ0) is 24.3. The molecule has 174 valence electrons. The van der Waals surface area contributed by atoms with Crippen LogP contribution in [0.4, 0.5) is 24.5 Å². The highest BCUT2D eigenvalue weighted by molar-refractivity contribution is 6.03. The van der Waals surface area contributed by atoms with E-state index in [1.54, 1.807) is 36.2 Å². The summed E-state index contributed by atoms with van der Waals surface area (Å²) in [5.41, 5.74) is 0.886. The van der Waals surface area contributed by atoms with E-state index in [-0.39, 0.29) is 17.2 Å². The van der Waals surface area contributed by atoms with Gasteiger partial charge in [-0.15, -0.1) is 0 Å². The van der Waals surface area contributed by atoms with E-state index in [0.717, 1.165) is 18.1 Å². The van der Waals surface area contributed by atoms with Gasteiger partial charge in [0.15, 0.2) is 6.04 Å². The molecule has 9 heteroatoms. The van der Waals surface area contributed by atoms with Crippen molar-refractivity contribution >= 4 is 23.2 Å². The molecule has 4 rings (SSSR count). The standard InChI is InChI=1S/C25H21F3N4O2/c1-32(15-14-16-6-3-2-4-7-16)24(34)17-10-12-18(13-11-17)30-31-22-19-8-5-9-20(25(26,27)28)21(19)29-23(22)33/h2-13,22H,14-15H2,1H3,(H,29,33). The van der Waals surface area contributed by atoms with E-state index >= 15 is 0 Å². The Morgan fingerprint density at radius 2 is 1.71 bits per heavy atom. The molecule has 3 aromatic rings. The van der Waals surface area contributed by atoms with Gasteiger partial charge in [0, 0.05) is 24.7 Å². The first kappa shape index (κ1) is 23.2. The fourth-order valence-corrected chi connectivity index (χ4v) is 3.68. The van der Waals surface area contributed by atoms with Gasteiger partial charge in [-0.3, -0.25) is 9.59 Å². The maximum absolute atomic E-state index is 13.2. The zero-order valence-electron chi connectivity index (χ0n) is 18.2. The monoisotopic (exact) mass is 466 g/mol. The van der Waals surface area contributed by atoms with Gasteiger partial charge in [-0.1, -0.05) is 42.5 Å². The van der Waals surface area contributed by atoms with E-state index < -0.39 is 23.7 Å². The Morgan fingerprint density at radius 3 is 2.38 bits per heavy atom. The predicted molar refractivity (Wildman–Crippen MR) is 121 cm³/mol. The molecule has 1 aliphatic heterocycles. The Bertz CT molecular complexity index is 1230. The molecule has 0 aromatic heterocycles. The van der Waals surface area contributed by atoms with Crippen LogP contribution >= 0.6 is 0 Å². The highest BCUT2D eigenvalue weighted by Crippen LogP contribution is 2.43. The molecule has 2 amide bonds. The van der Waals surface area contributed by atoms with Crippen molar-refractivity contribution < 1.29 is 22.8 Å². The summed E-state index contributed by atoms with van der Waals surface area (Å²) in [5.74, 6) is -0.828. The second-order valence-electron chi connectivity index (χ2n) is 7.88. The number of carbonyl (C=O) groups is 2. The van der Waals surface area contributed by atoms with Crippen molar-refractivity contribution in [3.05, 3.63) is 95.1 Å². The molecule has 0 saturated heterocycles. The molecule has 0 bridgehead atoms. The average molecular weight is 466 g/mol. The highest BCUT2D eigenvalue weighted by Gasteiger charge is 2.40. The quantitative estimate of drug-likeness (QED) is 0.467. The van der Waals surface area contributed by atoms with Gasteiger partial charge in [0.2, 0.25) is 0 Å². The Labute approximate surface area is 194 Å². The van der Waals surface area contributed by atoms with E-state index in [4.69, 9.17) is 0 Å². The summed E-state index contributed by atoms with van der Waals surface area (Å²) in [7, 11) is 1.73. The first-order valence-corrected chi connectivity index (χ1v) is 10.6. The fraction of sp³-hybridized carbons (Fsp3) is 0.200. The second kappa shape index (κ2) is 9.46. The first-order valence-electron chi connectivity index (χ1n) is 10.6. The lowest BCUT2D eigenvalue weighted by Crippen LogP contribution is -2.28. The summed E-state index contributed by atoms with van der Waals surface area (Å²) in [6.45, 7) is 0.556. The first-order chi connectivity index (χ1) is 16.2. The van der Waals surface area contributed by atoms with Crippen LogP contribution in [0, 0.1) is 0 Å². The van der Waals surface area contributed by atoms with Crippen LogP contribution in [0.15, 0.2) is 83.0 Å². The number of amides is 2. The summed E-state index contributed by atoms with van der Waals surface area (Å²) >= 11 is 0. The van der Waals surface area contributed by atoms with E-state index in [9.17, 15) is 22.8 Å². The summed E-state index contributed by atoms with van der Waals surface area (Å²) in [6, 6.07) is 18.6. The van der Waals surface area contributed by atoms with Gasteiger partial charge in [-0.05, 0) is 42.3 Å². The number of nitrogens with one attached hydrogen (secondary N) is 1. The number of para-hydroxylation sites is 1. The lowest BCUT2D eigenvalue weighted by molar-refractivity contribution is -0.136. The molecule has 0 spiro atoms. The molecule has 0 fully saturated rings. The molecular formula is C25H21F3N4O2. The smallest absolute Gasteiger partial charge is 0.341 e. The number of hydrogen-bond donors (Lipinski definition) is 1. The number of likely N-dealkylation sites (N-methyl/N-ethyl adjacent to an activating group) is 1. The van der Waals surface area contributed by atoms with Crippen LogP contribution in [-0.2, 0) is 17.4 Å². The number of fused-ring (bicyclic) bond motifs is 1. The zero-order valence-corrected chi connectivity index (χ0v) is 18.2. The van der Waals surface area contributed by atoms with Crippen LogP contribution in [0.5, 0.6) is 0 Å². The lowest BCUT2D eigenvalue weighted by atomic mass is 10.0. The summed E-state index contributed by atoms with van der Waals surface area (Å²) < 4.78 is 39.6. The molecule has 1 aliphatic rings. The number of nitrogens with zero attached hydrogens (tertiary/aromatic N) is 3. The summed E-state index contributed by atoms with van der Waals surface area (Å²) in [4.78, 5) is 26.5. The molecular weight excluding hydrogens is 445 g/mol. The van der Waals surface area contributed by atoms with Gasteiger partial charge in [0.1, 0.15) is 0 Å². The van der Waals surface area contributed by atoms with E-state index in [1.807, 2.05) is 30.3 Å². The van der Waals surface area contributed by atoms with Gasteiger partial charge < -0.3 is 10.2 Å². The molecule has 0 saturated carbocycles. The van der Waals surface area contributed by atoms with Crippen LogP contribution in [0.1, 0.15) is 33.1 Å². The molecule has 0 radical (unpaired) electrons. The number of rotatable bonds is 6. The van der Waals surface area contributed by atoms with Crippen molar-refractivity contribution in [1.29, 1.82) is 0 Å². The largest absolute Gasteiger partial charge is 0.418 e. The molecule has 1 N–H and O–H groups in total. The van der Waals surface area contributed by atoms with Crippen molar-refractivity contribution in [2.75, 3.05) is 18.9 Å². The number of carbonyl (C=O) groups excluding carboxylic acids is 2. The summed E-state index contributed by atoms with van der Waals surface area (Å²) in [5, 5.41) is 10.2. The maximum atomic E-state index is 13.2. The third kappa shape index (κ3) is 4.98. The van der Waals surface area contributed by atoms with Crippen molar-refractivity contribution in [2.45, 2.75) is 18.6 Å². The predicted octanol–water partition coefficient (Wildman–Crippen LogP) is 5.80. The molecule has 0 aliphatic carbocycles. The topological polar surface area (TPSA) is 74.1 Å². The Balaban J connectivity index is 1.43. The van der Waals surface area contributed by atoms with Crippen LogP contribution in [0.2, 0.25) is 0 Å². The average Bonchev–Trinajstić information content (AvgIpc) is 3.15. The van der Waals surface area contributed by atoms with E-state index in [1.165, 1.54) is 12.1 Å². The Morgan fingerprint density at radius 1 is 1.00 bits per heavy atom. The molecule has 6 nitrogen and oxygen atoms in total. The number of azo groups is 1. The van der Waals surface area contributed by atoms with Gasteiger partial charge in [0.05, 0.1) is 16.9 Å². The van der Waals surface area contributed by atoms with Crippen LogP contribution in [0.25, 0.3) is 0 Å². The third-order valence-corrected chi connectivity index (χ3v) is 5.52. The van der Waals surface area contributed by atoms with Crippen molar-refractivity contribution in [2.24, 2.45) is 10.2 Å². The van der Waals surface area contributed by atoms with Gasteiger partial charge in [0.25, 0.3) is 11.8 Å². The SMILES string of the molecule is CN(CCc1ccccc1)C(=O)c1ccc(N=NC2C(=O)Nc3c2cccc3C(F)(F)F)cc1. The molecule has 34 heavy (non-hydrogen) atoms. The molecule has 1 atom stereocenters. The Hall–Kier alpha value is -4.01. The normalized spacial score (nSPS) is 15.3. The van der Waals surface area contributed by atoms with Gasteiger partial charge in [-0.25, -0.2) is 0 Å². The number of anilines is 1. The van der Waals surface area contributed by atoms with Crippen LogP contribution < -0.4 is 5.32 Å². The molecule has 1 unspecified atom stereocenters. The van der Waals surface area contributed by atoms with Gasteiger partial charge in [-0.2, -0.15) is 23.4 Å². The molecule has 3 aromatic carbocycles. The Kier molecular flexibility index (Phi) is 6.45. The third-order valence-electron chi connectivity index (χ3n) is 5.52. The number of hydrogen-bond acceptors (Lipinski definition) is 4. The van der Waals surface area contributed by atoms with Crippen molar-refractivity contribution in [3.63, 3.8) is 0 Å². The minimum absolute atomic E-state index is 0.121. The van der Waals surface area contributed by atoms with E-state index in [2.05, 4.69) is 15.5 Å². The number of benzene rings is 3. The fourth-order valence-electron chi connectivity index (χ4n) is 3.68. The van der Waals surface area contributed by atoms with Crippen molar-refractivity contribution in [1.82, 2.24) is 4.90 Å². The van der Waals surface area contributed by atoms with Crippen LogP contribution in [0.3, 0.4) is 0 Å². The lowest BCUT2D eigenvalue weighted by Gasteiger charge is -2.17. The van der Waals surface area contributed by atoms with Gasteiger partial charge >= 0.3 is 6.18 Å². The maximum Gasteiger partial charge on any atom is 0.418 e. The minimum atomic E-state index is -4.60. The minimum Gasteiger partial charge on any atom is -0.341 e.